The van der Waals surface area contributed by atoms with E-state index in [1.165, 1.54) is 0 Å². The molecule has 2 aromatic rings. The van der Waals surface area contributed by atoms with Crippen molar-refractivity contribution < 1.29 is 19.5 Å². The molecule has 0 amide bonds. The van der Waals surface area contributed by atoms with Gasteiger partial charge in [-0.25, -0.2) is 0 Å². The van der Waals surface area contributed by atoms with Gasteiger partial charge in [-0.3, -0.25) is 0 Å². The van der Waals surface area contributed by atoms with Crippen molar-refractivity contribution in [3.63, 3.8) is 0 Å². The number of hydrogen-bond acceptors (Lipinski definition) is 2. The number of nitrogens with one attached hydrogen (secondary N) is 2. The Morgan fingerprint density at radius 3 is 1.78 bits per heavy atom. The maximum Gasteiger partial charge on any atom is 0.0385 e. The molecule has 0 spiro atoms. The number of para-hydroxylation sites is 1. The SMILES string of the molecule is CC(C)Nc1ccc(Nc2ccccc2)cc1.[Zn]. The van der Waals surface area contributed by atoms with Crippen LogP contribution in [0.25, 0.3) is 0 Å². The molecule has 0 aliphatic heterocycles. The summed E-state index contributed by atoms with van der Waals surface area (Å²) in [5.41, 5.74) is 3.36. The van der Waals surface area contributed by atoms with Crippen molar-refractivity contribution in [1.82, 2.24) is 0 Å². The fourth-order valence-corrected chi connectivity index (χ4v) is 1.67. The Kier molecular flexibility index (Phi) is 5.87. The third kappa shape index (κ3) is 4.50. The number of benzene rings is 2. The topological polar surface area (TPSA) is 24.1 Å². The van der Waals surface area contributed by atoms with Gasteiger partial charge in [0.15, 0.2) is 0 Å². The smallest absolute Gasteiger partial charge is 0.0385 e. The first-order chi connectivity index (χ1) is 8.24. The van der Waals surface area contributed by atoms with Crippen LogP contribution >= 0.6 is 0 Å². The first-order valence-corrected chi connectivity index (χ1v) is 5.93. The molecule has 0 aliphatic rings. The van der Waals surface area contributed by atoms with E-state index in [0.29, 0.717) is 6.04 Å². The van der Waals surface area contributed by atoms with E-state index in [0.717, 1.165) is 17.1 Å². The molecule has 0 aliphatic carbocycles. The van der Waals surface area contributed by atoms with E-state index in [4.69, 9.17) is 0 Å². The molecule has 2 rings (SSSR count). The van der Waals surface area contributed by atoms with Crippen LogP contribution in [0.1, 0.15) is 13.8 Å². The number of rotatable bonds is 4. The van der Waals surface area contributed by atoms with Crippen LogP contribution in [0.4, 0.5) is 17.1 Å². The summed E-state index contributed by atoms with van der Waals surface area (Å²) in [4.78, 5) is 0. The van der Waals surface area contributed by atoms with E-state index >= 15 is 0 Å². The third-order valence-electron chi connectivity index (χ3n) is 2.40. The molecule has 0 aromatic heterocycles. The molecule has 0 radical (unpaired) electrons. The molecule has 0 fully saturated rings. The summed E-state index contributed by atoms with van der Waals surface area (Å²) < 4.78 is 0. The van der Waals surface area contributed by atoms with Crippen LogP contribution in [0.2, 0.25) is 0 Å². The maximum atomic E-state index is 3.37. The molecule has 0 bridgehead atoms. The summed E-state index contributed by atoms with van der Waals surface area (Å²) in [5.74, 6) is 0. The van der Waals surface area contributed by atoms with Gasteiger partial charge in [0.1, 0.15) is 0 Å². The summed E-state index contributed by atoms with van der Waals surface area (Å²) in [5, 5.41) is 6.72. The first-order valence-electron chi connectivity index (χ1n) is 5.93. The minimum absolute atomic E-state index is 0. The van der Waals surface area contributed by atoms with Gasteiger partial charge in [0.05, 0.1) is 0 Å². The fourth-order valence-electron chi connectivity index (χ4n) is 1.67. The molecule has 0 heterocycles. The van der Waals surface area contributed by atoms with E-state index < -0.39 is 0 Å². The predicted molar refractivity (Wildman–Crippen MR) is 74.9 cm³/mol. The number of anilines is 3. The average Bonchev–Trinajstić information content (AvgIpc) is 2.32. The van der Waals surface area contributed by atoms with Gasteiger partial charge < -0.3 is 10.6 Å². The Labute approximate surface area is 122 Å². The Balaban J connectivity index is 0.00000162. The zero-order chi connectivity index (χ0) is 12.1. The van der Waals surface area contributed by atoms with Crippen LogP contribution < -0.4 is 10.6 Å². The average molecular weight is 292 g/mol. The molecule has 2 aromatic carbocycles. The standard InChI is InChI=1S/C15H18N2.Zn/c1-12(2)16-14-8-10-15(11-9-14)17-13-6-4-3-5-7-13;/h3-12,16-17H,1-2H3;. The molecule has 3 heteroatoms. The summed E-state index contributed by atoms with van der Waals surface area (Å²) in [7, 11) is 0. The van der Waals surface area contributed by atoms with Crippen molar-refractivity contribution in [2.45, 2.75) is 19.9 Å². The Hall–Kier alpha value is -1.34. The van der Waals surface area contributed by atoms with Gasteiger partial charge >= 0.3 is 0 Å². The second-order valence-electron chi connectivity index (χ2n) is 4.37. The van der Waals surface area contributed by atoms with E-state index in [1.807, 2.05) is 18.2 Å². The Morgan fingerprint density at radius 1 is 0.722 bits per heavy atom. The molecule has 2 N–H and O–H groups in total. The third-order valence-corrected chi connectivity index (χ3v) is 2.40. The van der Waals surface area contributed by atoms with Crippen molar-refractivity contribution in [3.05, 3.63) is 54.6 Å². The molecule has 18 heavy (non-hydrogen) atoms. The molecule has 0 saturated carbocycles. The van der Waals surface area contributed by atoms with Crippen LogP contribution in [0.3, 0.4) is 0 Å². The van der Waals surface area contributed by atoms with Crippen LogP contribution in [-0.4, -0.2) is 6.04 Å². The van der Waals surface area contributed by atoms with Gasteiger partial charge in [0.25, 0.3) is 0 Å². The summed E-state index contributed by atoms with van der Waals surface area (Å²) >= 11 is 0. The quantitative estimate of drug-likeness (QED) is 0.823. The minimum Gasteiger partial charge on any atom is -0.383 e. The van der Waals surface area contributed by atoms with E-state index in [1.54, 1.807) is 0 Å². The maximum absolute atomic E-state index is 3.37. The van der Waals surface area contributed by atoms with Crippen LogP contribution in [0.5, 0.6) is 0 Å². The van der Waals surface area contributed by atoms with Gasteiger partial charge in [0.2, 0.25) is 0 Å². The predicted octanol–water partition coefficient (Wildman–Crippen LogP) is 4.25. The van der Waals surface area contributed by atoms with Crippen molar-refractivity contribution >= 4 is 17.1 Å². The minimum atomic E-state index is 0. The van der Waals surface area contributed by atoms with Crippen LogP contribution in [0.15, 0.2) is 54.6 Å². The van der Waals surface area contributed by atoms with Gasteiger partial charge in [-0.05, 0) is 50.2 Å². The zero-order valence-electron chi connectivity index (χ0n) is 11.0. The van der Waals surface area contributed by atoms with Crippen LogP contribution in [0, 0.1) is 0 Å². The molecule has 90 valence electrons. The second-order valence-corrected chi connectivity index (χ2v) is 4.37. The Morgan fingerprint density at radius 2 is 1.22 bits per heavy atom. The second kappa shape index (κ2) is 7.18. The monoisotopic (exact) mass is 290 g/mol. The zero-order valence-corrected chi connectivity index (χ0v) is 13.9. The van der Waals surface area contributed by atoms with Gasteiger partial charge in [-0.15, -0.1) is 0 Å². The van der Waals surface area contributed by atoms with Gasteiger partial charge in [-0.2, -0.15) is 0 Å². The molecule has 0 atom stereocenters. The normalized spacial score (nSPS) is 9.72. The van der Waals surface area contributed by atoms with Crippen molar-refractivity contribution in [2.75, 3.05) is 10.6 Å². The van der Waals surface area contributed by atoms with Gasteiger partial charge in [0, 0.05) is 42.6 Å². The largest absolute Gasteiger partial charge is 0.383 e. The Bertz CT molecular complexity index is 452. The van der Waals surface area contributed by atoms with Crippen molar-refractivity contribution in [3.8, 4) is 0 Å². The first kappa shape index (κ1) is 14.7. The summed E-state index contributed by atoms with van der Waals surface area (Å²) in [6.45, 7) is 4.27. The fraction of sp³-hybridized carbons (Fsp3) is 0.200. The molecular weight excluding hydrogens is 274 g/mol. The number of hydrogen-bond donors (Lipinski definition) is 2. The van der Waals surface area contributed by atoms with Crippen molar-refractivity contribution in [2.24, 2.45) is 0 Å². The summed E-state index contributed by atoms with van der Waals surface area (Å²) in [6, 6.07) is 19.0. The molecule has 0 unspecified atom stereocenters. The summed E-state index contributed by atoms with van der Waals surface area (Å²) in [6.07, 6.45) is 0. The van der Waals surface area contributed by atoms with E-state index in [2.05, 4.69) is 60.9 Å². The van der Waals surface area contributed by atoms with Gasteiger partial charge in [-0.1, -0.05) is 18.2 Å². The molecule has 0 saturated heterocycles. The molecule has 2 nitrogen and oxygen atoms in total. The van der Waals surface area contributed by atoms with E-state index in [9.17, 15) is 0 Å². The molecular formula is C15H18N2Zn. The van der Waals surface area contributed by atoms with Crippen molar-refractivity contribution in [1.29, 1.82) is 0 Å². The van der Waals surface area contributed by atoms with Crippen LogP contribution in [-0.2, 0) is 19.5 Å². The van der Waals surface area contributed by atoms with E-state index in [-0.39, 0.29) is 19.5 Å².